The van der Waals surface area contributed by atoms with Crippen LogP contribution in [0.5, 0.6) is 0 Å². The minimum atomic E-state index is 0.437. The van der Waals surface area contributed by atoms with Gasteiger partial charge in [-0.1, -0.05) is 39.5 Å². The highest BCUT2D eigenvalue weighted by molar-refractivity contribution is 4.86. The normalized spacial score (nSPS) is 18.8. The van der Waals surface area contributed by atoms with E-state index in [9.17, 15) is 0 Å². The van der Waals surface area contributed by atoms with Crippen molar-refractivity contribution in [2.45, 2.75) is 84.3 Å². The van der Waals surface area contributed by atoms with Crippen LogP contribution in [-0.2, 0) is 4.74 Å². The Labute approximate surface area is 114 Å². The van der Waals surface area contributed by atoms with E-state index in [0.29, 0.717) is 12.1 Å². The molecule has 0 aromatic heterocycles. The molecule has 1 N–H and O–H groups in total. The highest BCUT2D eigenvalue weighted by Crippen LogP contribution is 2.33. The molecule has 2 atom stereocenters. The van der Waals surface area contributed by atoms with E-state index in [4.69, 9.17) is 4.74 Å². The molecule has 1 rings (SSSR count). The molecule has 2 heteroatoms. The molecular formula is C16H33NO. The summed E-state index contributed by atoms with van der Waals surface area (Å²) in [6.07, 6.45) is 11.1. The van der Waals surface area contributed by atoms with Crippen LogP contribution in [0.25, 0.3) is 0 Å². The molecule has 1 aliphatic carbocycles. The average molecular weight is 255 g/mol. The van der Waals surface area contributed by atoms with Crippen LogP contribution in [0, 0.1) is 5.92 Å². The first-order valence-electron chi connectivity index (χ1n) is 8.12. The first-order chi connectivity index (χ1) is 8.77. The van der Waals surface area contributed by atoms with Gasteiger partial charge in [0.1, 0.15) is 0 Å². The van der Waals surface area contributed by atoms with E-state index in [-0.39, 0.29) is 0 Å². The van der Waals surface area contributed by atoms with Gasteiger partial charge in [-0.3, -0.25) is 0 Å². The van der Waals surface area contributed by atoms with Crippen molar-refractivity contribution in [2.75, 3.05) is 13.2 Å². The molecule has 1 fully saturated rings. The standard InChI is InChI=1S/C16H33NO/c1-4-6-7-8-9-14(3)18-13-16(15-10-11-15)17-12-5-2/h14-17H,4-13H2,1-3H3. The molecule has 0 saturated heterocycles. The van der Waals surface area contributed by atoms with Crippen molar-refractivity contribution < 1.29 is 4.74 Å². The summed E-state index contributed by atoms with van der Waals surface area (Å²) < 4.78 is 6.02. The summed E-state index contributed by atoms with van der Waals surface area (Å²) in [5.74, 6) is 0.892. The predicted molar refractivity (Wildman–Crippen MR) is 79.0 cm³/mol. The summed E-state index contributed by atoms with van der Waals surface area (Å²) in [5, 5.41) is 3.64. The molecule has 0 bridgehead atoms. The van der Waals surface area contributed by atoms with E-state index in [1.807, 2.05) is 0 Å². The van der Waals surface area contributed by atoms with Gasteiger partial charge in [-0.15, -0.1) is 0 Å². The van der Waals surface area contributed by atoms with Crippen LogP contribution in [0.1, 0.15) is 72.1 Å². The van der Waals surface area contributed by atoms with E-state index < -0.39 is 0 Å². The van der Waals surface area contributed by atoms with Gasteiger partial charge in [0.2, 0.25) is 0 Å². The van der Waals surface area contributed by atoms with Gasteiger partial charge in [0.15, 0.2) is 0 Å². The second-order valence-corrected chi connectivity index (χ2v) is 5.89. The van der Waals surface area contributed by atoms with Crippen LogP contribution < -0.4 is 5.32 Å². The van der Waals surface area contributed by atoms with Gasteiger partial charge >= 0.3 is 0 Å². The average Bonchev–Trinajstić information content (AvgIpc) is 3.19. The molecule has 0 aromatic carbocycles. The van der Waals surface area contributed by atoms with Crippen molar-refractivity contribution in [2.24, 2.45) is 5.92 Å². The zero-order valence-electron chi connectivity index (χ0n) is 12.7. The maximum absolute atomic E-state index is 6.02. The zero-order valence-corrected chi connectivity index (χ0v) is 12.7. The molecule has 0 spiro atoms. The Morgan fingerprint density at radius 2 is 1.89 bits per heavy atom. The third-order valence-corrected chi connectivity index (χ3v) is 3.87. The second kappa shape index (κ2) is 9.80. The van der Waals surface area contributed by atoms with E-state index in [1.54, 1.807) is 0 Å². The number of rotatable bonds is 12. The summed E-state index contributed by atoms with van der Waals surface area (Å²) >= 11 is 0. The van der Waals surface area contributed by atoms with Crippen LogP contribution in [-0.4, -0.2) is 25.3 Å². The molecular weight excluding hydrogens is 222 g/mol. The molecule has 0 aromatic rings. The van der Waals surface area contributed by atoms with Crippen LogP contribution in [0.4, 0.5) is 0 Å². The van der Waals surface area contributed by atoms with Gasteiger partial charge in [0.05, 0.1) is 12.7 Å². The molecule has 0 heterocycles. The highest BCUT2D eigenvalue weighted by Gasteiger charge is 2.30. The van der Waals surface area contributed by atoms with Crippen molar-refractivity contribution in [1.82, 2.24) is 5.32 Å². The molecule has 18 heavy (non-hydrogen) atoms. The lowest BCUT2D eigenvalue weighted by Gasteiger charge is -2.21. The quantitative estimate of drug-likeness (QED) is 0.529. The monoisotopic (exact) mass is 255 g/mol. The molecule has 0 radical (unpaired) electrons. The minimum absolute atomic E-state index is 0.437. The first-order valence-corrected chi connectivity index (χ1v) is 8.12. The van der Waals surface area contributed by atoms with Crippen molar-refractivity contribution in [3.05, 3.63) is 0 Å². The summed E-state index contributed by atoms with van der Waals surface area (Å²) in [5.41, 5.74) is 0. The van der Waals surface area contributed by atoms with Gasteiger partial charge < -0.3 is 10.1 Å². The minimum Gasteiger partial charge on any atom is -0.377 e. The Balaban J connectivity index is 2.04. The second-order valence-electron chi connectivity index (χ2n) is 5.89. The van der Waals surface area contributed by atoms with Crippen molar-refractivity contribution >= 4 is 0 Å². The fourth-order valence-corrected chi connectivity index (χ4v) is 2.40. The third-order valence-electron chi connectivity index (χ3n) is 3.87. The molecule has 1 saturated carbocycles. The Bertz CT molecular complexity index is 192. The van der Waals surface area contributed by atoms with E-state index in [1.165, 1.54) is 51.4 Å². The van der Waals surface area contributed by atoms with Gasteiger partial charge in [-0.05, 0) is 45.1 Å². The summed E-state index contributed by atoms with van der Waals surface area (Å²) in [4.78, 5) is 0. The summed E-state index contributed by atoms with van der Waals surface area (Å²) in [6, 6.07) is 0.614. The van der Waals surface area contributed by atoms with E-state index in [0.717, 1.165) is 19.1 Å². The summed E-state index contributed by atoms with van der Waals surface area (Å²) in [6.45, 7) is 8.78. The number of hydrogen-bond donors (Lipinski definition) is 1. The van der Waals surface area contributed by atoms with Crippen LogP contribution in [0.3, 0.4) is 0 Å². The predicted octanol–water partition coefficient (Wildman–Crippen LogP) is 4.14. The number of nitrogens with one attached hydrogen (secondary N) is 1. The Morgan fingerprint density at radius 3 is 2.50 bits per heavy atom. The summed E-state index contributed by atoms with van der Waals surface area (Å²) in [7, 11) is 0. The van der Waals surface area contributed by atoms with Gasteiger partial charge in [-0.2, -0.15) is 0 Å². The van der Waals surface area contributed by atoms with Crippen LogP contribution >= 0.6 is 0 Å². The van der Waals surface area contributed by atoms with Gasteiger partial charge in [0.25, 0.3) is 0 Å². The fourth-order valence-electron chi connectivity index (χ4n) is 2.40. The smallest absolute Gasteiger partial charge is 0.0625 e. The van der Waals surface area contributed by atoms with Gasteiger partial charge in [-0.25, -0.2) is 0 Å². The van der Waals surface area contributed by atoms with Crippen LogP contribution in [0.15, 0.2) is 0 Å². The van der Waals surface area contributed by atoms with Crippen molar-refractivity contribution in [3.8, 4) is 0 Å². The largest absolute Gasteiger partial charge is 0.377 e. The molecule has 1 aliphatic rings. The maximum Gasteiger partial charge on any atom is 0.0625 e. The lowest BCUT2D eigenvalue weighted by atomic mass is 10.1. The van der Waals surface area contributed by atoms with Crippen molar-refractivity contribution in [1.29, 1.82) is 0 Å². The molecule has 2 nitrogen and oxygen atoms in total. The van der Waals surface area contributed by atoms with Gasteiger partial charge in [0, 0.05) is 6.04 Å². The Kier molecular flexibility index (Phi) is 8.70. The topological polar surface area (TPSA) is 21.3 Å². The SMILES string of the molecule is CCCCCCC(C)OCC(NCCC)C1CC1. The number of hydrogen-bond acceptors (Lipinski definition) is 2. The Morgan fingerprint density at radius 1 is 1.11 bits per heavy atom. The van der Waals surface area contributed by atoms with E-state index in [2.05, 4.69) is 26.1 Å². The maximum atomic E-state index is 6.02. The number of unbranched alkanes of at least 4 members (excludes halogenated alkanes) is 3. The molecule has 0 amide bonds. The number of ether oxygens (including phenoxy) is 1. The lowest BCUT2D eigenvalue weighted by Crippen LogP contribution is -2.37. The first kappa shape index (κ1) is 16.0. The fraction of sp³-hybridized carbons (Fsp3) is 1.00. The molecule has 2 unspecified atom stereocenters. The van der Waals surface area contributed by atoms with E-state index >= 15 is 0 Å². The Hall–Kier alpha value is -0.0800. The molecule has 0 aliphatic heterocycles. The zero-order chi connectivity index (χ0) is 13.2. The van der Waals surface area contributed by atoms with Crippen LogP contribution in [0.2, 0.25) is 0 Å². The van der Waals surface area contributed by atoms with Crippen molar-refractivity contribution in [3.63, 3.8) is 0 Å². The lowest BCUT2D eigenvalue weighted by molar-refractivity contribution is 0.0392. The molecule has 108 valence electrons. The highest BCUT2D eigenvalue weighted by atomic mass is 16.5. The third kappa shape index (κ3) is 7.38.